The molecule has 4 aliphatic carbocycles. The zero-order chi connectivity index (χ0) is 21.7. The van der Waals surface area contributed by atoms with Gasteiger partial charge in [0, 0.05) is 37.0 Å². The number of fused-ring (bicyclic) bond motifs is 1. The SMILES string of the molecule is O=C(CC12CC3CC(CC(C3)C1)C2)Nc1cccc2c1C=CN(Cc1ccc(F)cc1)C2. The van der Waals surface area contributed by atoms with Crippen LogP contribution in [0.3, 0.4) is 0 Å². The Labute approximate surface area is 189 Å². The minimum atomic E-state index is -0.206. The largest absolute Gasteiger partial charge is 0.369 e. The van der Waals surface area contributed by atoms with Crippen LogP contribution in [0.15, 0.2) is 48.7 Å². The van der Waals surface area contributed by atoms with Gasteiger partial charge in [-0.15, -0.1) is 0 Å². The van der Waals surface area contributed by atoms with Crippen LogP contribution < -0.4 is 5.32 Å². The average Bonchev–Trinajstić information content (AvgIpc) is 2.74. The van der Waals surface area contributed by atoms with E-state index < -0.39 is 0 Å². The maximum absolute atomic E-state index is 13.2. The van der Waals surface area contributed by atoms with E-state index in [0.717, 1.165) is 47.7 Å². The van der Waals surface area contributed by atoms with E-state index in [2.05, 4.69) is 28.6 Å². The van der Waals surface area contributed by atoms with Crippen molar-refractivity contribution < 1.29 is 9.18 Å². The fourth-order valence-corrected chi connectivity index (χ4v) is 7.48. The summed E-state index contributed by atoms with van der Waals surface area (Å²) in [6.45, 7) is 1.51. The third kappa shape index (κ3) is 3.85. The van der Waals surface area contributed by atoms with Crippen molar-refractivity contribution in [3.8, 4) is 0 Å². The first-order valence-corrected chi connectivity index (χ1v) is 12.1. The number of hydrogen-bond donors (Lipinski definition) is 1. The first-order valence-electron chi connectivity index (χ1n) is 12.1. The molecule has 2 aromatic rings. The Morgan fingerprint density at radius 3 is 2.38 bits per heavy atom. The smallest absolute Gasteiger partial charge is 0.224 e. The van der Waals surface area contributed by atoms with E-state index in [9.17, 15) is 9.18 Å². The molecule has 1 N–H and O–H groups in total. The van der Waals surface area contributed by atoms with Crippen molar-refractivity contribution in [2.24, 2.45) is 23.2 Å². The zero-order valence-corrected chi connectivity index (χ0v) is 18.5. The highest BCUT2D eigenvalue weighted by Gasteiger charge is 2.51. The van der Waals surface area contributed by atoms with Crippen molar-refractivity contribution in [1.82, 2.24) is 4.90 Å². The highest BCUT2D eigenvalue weighted by atomic mass is 19.1. The summed E-state index contributed by atoms with van der Waals surface area (Å²) in [6, 6.07) is 12.9. The number of nitrogens with one attached hydrogen (secondary N) is 1. The van der Waals surface area contributed by atoms with Gasteiger partial charge in [0.15, 0.2) is 0 Å². The summed E-state index contributed by atoms with van der Waals surface area (Å²) in [5.74, 6) is 2.58. The molecule has 0 radical (unpaired) electrons. The van der Waals surface area contributed by atoms with E-state index in [-0.39, 0.29) is 17.1 Å². The van der Waals surface area contributed by atoms with Crippen molar-refractivity contribution >= 4 is 17.7 Å². The molecule has 7 rings (SSSR count). The molecule has 4 saturated carbocycles. The quantitative estimate of drug-likeness (QED) is 0.599. The number of nitrogens with zero attached hydrogens (tertiary/aromatic N) is 1. The summed E-state index contributed by atoms with van der Waals surface area (Å²) in [5.41, 5.74) is 4.59. The standard InChI is InChI=1S/C28H31FN2O/c29-24-6-4-19(5-7-24)17-31-9-8-25-23(18-31)2-1-3-26(25)30-27(32)16-28-13-20-10-21(14-28)12-22(11-20)15-28/h1-9,20-22H,10-18H2,(H,30,32). The monoisotopic (exact) mass is 430 g/mol. The molecule has 5 aliphatic rings. The molecule has 4 fully saturated rings. The third-order valence-electron chi connectivity index (χ3n) is 8.30. The lowest BCUT2D eigenvalue weighted by Gasteiger charge is -2.56. The molecule has 0 saturated heterocycles. The van der Waals surface area contributed by atoms with Crippen LogP contribution >= 0.6 is 0 Å². The Kier molecular flexibility index (Phi) is 4.85. The lowest BCUT2D eigenvalue weighted by atomic mass is 9.49. The summed E-state index contributed by atoms with van der Waals surface area (Å²) < 4.78 is 13.2. The molecular weight excluding hydrogens is 399 g/mol. The van der Waals surface area contributed by atoms with Gasteiger partial charge in [-0.05, 0) is 97.1 Å². The first-order chi connectivity index (χ1) is 15.5. The van der Waals surface area contributed by atoms with Crippen LogP contribution in [0, 0.1) is 29.0 Å². The molecule has 4 bridgehead atoms. The van der Waals surface area contributed by atoms with E-state index in [1.54, 1.807) is 0 Å². The van der Waals surface area contributed by atoms with E-state index in [4.69, 9.17) is 0 Å². The number of carbonyl (C=O) groups excluding carboxylic acids is 1. The molecule has 166 valence electrons. The Hall–Kier alpha value is -2.62. The number of rotatable bonds is 5. The van der Waals surface area contributed by atoms with E-state index >= 15 is 0 Å². The highest BCUT2D eigenvalue weighted by molar-refractivity contribution is 5.94. The topological polar surface area (TPSA) is 32.3 Å². The third-order valence-corrected chi connectivity index (χ3v) is 8.30. The van der Waals surface area contributed by atoms with Crippen LogP contribution in [0.25, 0.3) is 6.08 Å². The maximum atomic E-state index is 13.2. The van der Waals surface area contributed by atoms with Gasteiger partial charge in [-0.1, -0.05) is 24.3 Å². The van der Waals surface area contributed by atoms with Gasteiger partial charge in [-0.2, -0.15) is 0 Å². The van der Waals surface area contributed by atoms with Gasteiger partial charge in [0.05, 0.1) is 0 Å². The predicted octanol–water partition coefficient (Wildman–Crippen LogP) is 6.36. The Balaban J connectivity index is 1.13. The van der Waals surface area contributed by atoms with Gasteiger partial charge in [0.1, 0.15) is 5.82 Å². The predicted molar refractivity (Wildman–Crippen MR) is 125 cm³/mol. The lowest BCUT2D eigenvalue weighted by molar-refractivity contribution is -0.124. The van der Waals surface area contributed by atoms with Crippen molar-refractivity contribution in [3.63, 3.8) is 0 Å². The molecule has 0 unspecified atom stereocenters. The second-order valence-electron chi connectivity index (χ2n) is 10.9. The molecule has 0 spiro atoms. The summed E-state index contributed by atoms with van der Waals surface area (Å²) in [6.07, 6.45) is 12.9. The molecule has 1 heterocycles. The summed E-state index contributed by atoms with van der Waals surface area (Å²) in [7, 11) is 0. The zero-order valence-electron chi connectivity index (χ0n) is 18.5. The van der Waals surface area contributed by atoms with Gasteiger partial charge in [-0.3, -0.25) is 4.79 Å². The number of anilines is 1. The van der Waals surface area contributed by atoms with Crippen LogP contribution in [-0.4, -0.2) is 10.8 Å². The fourth-order valence-electron chi connectivity index (χ4n) is 7.48. The minimum absolute atomic E-state index is 0.183. The Morgan fingerprint density at radius 2 is 1.69 bits per heavy atom. The van der Waals surface area contributed by atoms with Crippen LogP contribution in [-0.2, 0) is 17.9 Å². The number of benzene rings is 2. The van der Waals surface area contributed by atoms with Crippen molar-refractivity contribution in [1.29, 1.82) is 0 Å². The van der Waals surface area contributed by atoms with Gasteiger partial charge >= 0.3 is 0 Å². The van der Waals surface area contributed by atoms with E-state index in [0.29, 0.717) is 6.42 Å². The molecule has 2 aromatic carbocycles. The molecule has 1 amide bonds. The van der Waals surface area contributed by atoms with Crippen LogP contribution in [0.4, 0.5) is 10.1 Å². The second-order valence-corrected chi connectivity index (χ2v) is 10.9. The Bertz CT molecular complexity index is 1020. The van der Waals surface area contributed by atoms with E-state index in [1.807, 2.05) is 24.3 Å². The molecule has 3 nitrogen and oxygen atoms in total. The van der Waals surface area contributed by atoms with Gasteiger partial charge in [0.25, 0.3) is 0 Å². The van der Waals surface area contributed by atoms with Gasteiger partial charge in [0.2, 0.25) is 5.91 Å². The number of halogens is 1. The number of carbonyl (C=O) groups is 1. The first kappa shape index (κ1) is 20.0. The van der Waals surface area contributed by atoms with Crippen LogP contribution in [0.2, 0.25) is 0 Å². The second kappa shape index (κ2) is 7.75. The Morgan fingerprint density at radius 1 is 1.00 bits per heavy atom. The lowest BCUT2D eigenvalue weighted by Crippen LogP contribution is -2.47. The number of amides is 1. The maximum Gasteiger partial charge on any atom is 0.224 e. The fraction of sp³-hybridized carbons (Fsp3) is 0.464. The van der Waals surface area contributed by atoms with Gasteiger partial charge in [-0.25, -0.2) is 4.39 Å². The molecule has 4 heteroatoms. The van der Waals surface area contributed by atoms with Crippen molar-refractivity contribution in [2.45, 2.75) is 58.0 Å². The molecule has 1 aliphatic heterocycles. The summed E-state index contributed by atoms with van der Waals surface area (Å²) in [5, 5.41) is 3.27. The normalized spacial score (nSPS) is 29.8. The van der Waals surface area contributed by atoms with Gasteiger partial charge < -0.3 is 10.2 Å². The van der Waals surface area contributed by atoms with E-state index in [1.165, 1.54) is 56.2 Å². The highest BCUT2D eigenvalue weighted by Crippen LogP contribution is 2.61. The average molecular weight is 431 g/mol. The van der Waals surface area contributed by atoms with Crippen molar-refractivity contribution in [3.05, 3.63) is 71.2 Å². The minimum Gasteiger partial charge on any atom is -0.369 e. The summed E-state index contributed by atoms with van der Waals surface area (Å²) >= 11 is 0. The molecule has 0 atom stereocenters. The molecular formula is C28H31FN2O. The molecule has 0 aromatic heterocycles. The van der Waals surface area contributed by atoms with Crippen LogP contribution in [0.5, 0.6) is 0 Å². The molecule has 32 heavy (non-hydrogen) atoms. The number of hydrogen-bond acceptors (Lipinski definition) is 2. The summed E-state index contributed by atoms with van der Waals surface area (Å²) in [4.78, 5) is 15.4. The van der Waals surface area contributed by atoms with Crippen molar-refractivity contribution in [2.75, 3.05) is 5.32 Å². The van der Waals surface area contributed by atoms with Crippen LogP contribution in [0.1, 0.15) is 61.6 Å².